The van der Waals surface area contributed by atoms with E-state index in [0.29, 0.717) is 24.5 Å². The second kappa shape index (κ2) is 5.09. The lowest BCUT2D eigenvalue weighted by Gasteiger charge is -2.34. The fourth-order valence-electron chi connectivity index (χ4n) is 2.76. The highest BCUT2D eigenvalue weighted by molar-refractivity contribution is 5.83. The smallest absolute Gasteiger partial charge is 0.393 e. The molecule has 0 saturated carbocycles. The molecule has 1 saturated heterocycles. The number of aromatic nitrogens is 1. The predicted molar refractivity (Wildman–Crippen MR) is 77.1 cm³/mol. The number of nitrogens with zero attached hydrogens (tertiary/aromatic N) is 2. The Morgan fingerprint density at radius 3 is 2.76 bits per heavy atom. The Bertz CT molecular complexity index is 654. The van der Waals surface area contributed by atoms with Crippen molar-refractivity contribution in [1.82, 2.24) is 4.98 Å². The summed E-state index contributed by atoms with van der Waals surface area (Å²) in [5.41, 5.74) is 7.10. The van der Waals surface area contributed by atoms with Crippen LogP contribution in [0.25, 0.3) is 10.9 Å². The van der Waals surface area contributed by atoms with Crippen LogP contribution in [0.4, 0.5) is 24.7 Å². The average molecular weight is 295 g/mol. The summed E-state index contributed by atoms with van der Waals surface area (Å²) in [6, 6.07) is 8.96. The zero-order chi connectivity index (χ0) is 15.0. The van der Waals surface area contributed by atoms with E-state index < -0.39 is 12.1 Å². The fraction of sp³-hybridized carbons (Fsp3) is 0.400. The largest absolute Gasteiger partial charge is 0.399 e. The number of piperidine rings is 1. The molecule has 1 aromatic heterocycles. The van der Waals surface area contributed by atoms with Gasteiger partial charge in [-0.05, 0) is 43.2 Å². The Labute approximate surface area is 120 Å². The van der Waals surface area contributed by atoms with E-state index in [2.05, 4.69) is 4.98 Å². The summed E-state index contributed by atoms with van der Waals surface area (Å²) < 4.78 is 38.6. The zero-order valence-corrected chi connectivity index (χ0v) is 11.4. The minimum absolute atomic E-state index is 0.0169. The van der Waals surface area contributed by atoms with Gasteiger partial charge >= 0.3 is 6.18 Å². The molecule has 3 nitrogen and oxygen atoms in total. The van der Waals surface area contributed by atoms with Gasteiger partial charge in [-0.15, -0.1) is 0 Å². The number of alkyl halides is 3. The van der Waals surface area contributed by atoms with Crippen molar-refractivity contribution in [2.24, 2.45) is 5.92 Å². The summed E-state index contributed by atoms with van der Waals surface area (Å²) >= 11 is 0. The molecule has 1 aromatic carbocycles. The van der Waals surface area contributed by atoms with E-state index in [4.69, 9.17) is 5.73 Å². The molecule has 0 bridgehead atoms. The van der Waals surface area contributed by atoms with Crippen molar-refractivity contribution in [2.45, 2.75) is 19.0 Å². The molecule has 0 radical (unpaired) electrons. The highest BCUT2D eigenvalue weighted by atomic mass is 19.4. The van der Waals surface area contributed by atoms with Crippen molar-refractivity contribution in [3.05, 3.63) is 30.3 Å². The van der Waals surface area contributed by atoms with Gasteiger partial charge in [0.05, 0.1) is 11.4 Å². The van der Waals surface area contributed by atoms with Gasteiger partial charge in [-0.1, -0.05) is 0 Å². The molecular formula is C15H16F3N3. The number of hydrogen-bond acceptors (Lipinski definition) is 3. The third kappa shape index (κ3) is 2.89. The summed E-state index contributed by atoms with van der Waals surface area (Å²) in [6.07, 6.45) is -3.40. The first kappa shape index (κ1) is 14.0. The Hall–Kier alpha value is -1.98. The third-order valence-electron chi connectivity index (χ3n) is 3.91. The van der Waals surface area contributed by atoms with Crippen molar-refractivity contribution in [2.75, 3.05) is 23.7 Å². The van der Waals surface area contributed by atoms with E-state index in [1.807, 2.05) is 6.07 Å². The number of benzene rings is 1. The van der Waals surface area contributed by atoms with Crippen molar-refractivity contribution < 1.29 is 13.2 Å². The minimum atomic E-state index is -4.13. The van der Waals surface area contributed by atoms with Gasteiger partial charge in [0.1, 0.15) is 5.82 Å². The topological polar surface area (TPSA) is 42.1 Å². The van der Waals surface area contributed by atoms with Crippen LogP contribution in [0.5, 0.6) is 0 Å². The van der Waals surface area contributed by atoms with E-state index in [0.717, 1.165) is 10.9 Å². The first-order chi connectivity index (χ1) is 9.93. The quantitative estimate of drug-likeness (QED) is 0.817. The Balaban J connectivity index is 1.88. The van der Waals surface area contributed by atoms with E-state index in [1.54, 1.807) is 29.2 Å². The first-order valence-corrected chi connectivity index (χ1v) is 6.91. The molecule has 1 unspecified atom stereocenters. The SMILES string of the molecule is Nc1ccc2nc(N3CCCC(C(F)(F)F)C3)ccc2c1. The van der Waals surface area contributed by atoms with E-state index in [-0.39, 0.29) is 13.0 Å². The summed E-state index contributed by atoms with van der Waals surface area (Å²) in [5.74, 6) is -0.670. The van der Waals surface area contributed by atoms with E-state index in [1.165, 1.54) is 0 Å². The number of fused-ring (bicyclic) bond motifs is 1. The van der Waals surface area contributed by atoms with Crippen LogP contribution in [0.1, 0.15) is 12.8 Å². The van der Waals surface area contributed by atoms with Crippen LogP contribution < -0.4 is 10.6 Å². The average Bonchev–Trinajstić information content (AvgIpc) is 2.46. The molecule has 1 atom stereocenters. The molecule has 6 heteroatoms. The third-order valence-corrected chi connectivity index (χ3v) is 3.91. The first-order valence-electron chi connectivity index (χ1n) is 6.91. The standard InChI is InChI=1S/C15H16F3N3/c16-15(17,18)11-2-1-7-21(9-11)14-6-3-10-8-12(19)4-5-13(10)20-14/h3-6,8,11H,1-2,7,9,19H2. The number of halogens is 3. The molecule has 2 heterocycles. The number of nitrogens with two attached hydrogens (primary N) is 1. The van der Waals surface area contributed by atoms with Crippen LogP contribution in [0.2, 0.25) is 0 Å². The fourth-order valence-corrected chi connectivity index (χ4v) is 2.76. The molecule has 0 aliphatic carbocycles. The summed E-state index contributed by atoms with van der Waals surface area (Å²) in [5, 5.41) is 0.892. The number of nitrogen functional groups attached to an aromatic ring is 1. The van der Waals surface area contributed by atoms with Crippen LogP contribution in [-0.4, -0.2) is 24.2 Å². The molecule has 2 aromatic rings. The van der Waals surface area contributed by atoms with Crippen LogP contribution in [0.3, 0.4) is 0 Å². The Morgan fingerprint density at radius 2 is 2.00 bits per heavy atom. The number of pyridine rings is 1. The molecule has 3 rings (SSSR count). The summed E-state index contributed by atoms with van der Waals surface area (Å²) in [4.78, 5) is 6.18. The molecule has 2 N–H and O–H groups in total. The molecule has 0 spiro atoms. The van der Waals surface area contributed by atoms with Gasteiger partial charge in [-0.2, -0.15) is 13.2 Å². The van der Waals surface area contributed by atoms with Gasteiger partial charge in [0.25, 0.3) is 0 Å². The van der Waals surface area contributed by atoms with Crippen LogP contribution in [-0.2, 0) is 0 Å². The maximum Gasteiger partial charge on any atom is 0.393 e. The number of anilines is 2. The molecular weight excluding hydrogens is 279 g/mol. The van der Waals surface area contributed by atoms with Gasteiger partial charge < -0.3 is 10.6 Å². The van der Waals surface area contributed by atoms with Gasteiger partial charge in [-0.3, -0.25) is 0 Å². The lowest BCUT2D eigenvalue weighted by atomic mass is 9.97. The van der Waals surface area contributed by atoms with Gasteiger partial charge in [0, 0.05) is 24.2 Å². The van der Waals surface area contributed by atoms with Crippen LogP contribution in [0, 0.1) is 5.92 Å². The van der Waals surface area contributed by atoms with Crippen molar-refractivity contribution in [1.29, 1.82) is 0 Å². The maximum absolute atomic E-state index is 12.9. The Morgan fingerprint density at radius 1 is 1.19 bits per heavy atom. The highest BCUT2D eigenvalue weighted by Crippen LogP contribution is 2.34. The summed E-state index contributed by atoms with van der Waals surface area (Å²) in [7, 11) is 0. The van der Waals surface area contributed by atoms with Crippen LogP contribution >= 0.6 is 0 Å². The predicted octanol–water partition coefficient (Wildman–Crippen LogP) is 3.60. The zero-order valence-electron chi connectivity index (χ0n) is 11.4. The van der Waals surface area contributed by atoms with Crippen LogP contribution in [0.15, 0.2) is 30.3 Å². The van der Waals surface area contributed by atoms with Gasteiger partial charge in [0.2, 0.25) is 0 Å². The highest BCUT2D eigenvalue weighted by Gasteiger charge is 2.42. The summed E-state index contributed by atoms with van der Waals surface area (Å²) in [6.45, 7) is 0.594. The molecule has 21 heavy (non-hydrogen) atoms. The van der Waals surface area contributed by atoms with Crippen molar-refractivity contribution in [3.8, 4) is 0 Å². The number of rotatable bonds is 1. The second-order valence-electron chi connectivity index (χ2n) is 5.45. The molecule has 1 fully saturated rings. The second-order valence-corrected chi connectivity index (χ2v) is 5.45. The van der Waals surface area contributed by atoms with E-state index >= 15 is 0 Å². The number of hydrogen-bond donors (Lipinski definition) is 1. The molecule has 1 aliphatic rings. The monoisotopic (exact) mass is 295 g/mol. The van der Waals surface area contributed by atoms with Gasteiger partial charge in [-0.25, -0.2) is 4.98 Å². The van der Waals surface area contributed by atoms with E-state index in [9.17, 15) is 13.2 Å². The minimum Gasteiger partial charge on any atom is -0.399 e. The normalized spacial score (nSPS) is 20.0. The molecule has 0 amide bonds. The van der Waals surface area contributed by atoms with Crippen molar-refractivity contribution in [3.63, 3.8) is 0 Å². The Kier molecular flexibility index (Phi) is 3.39. The lowest BCUT2D eigenvalue weighted by molar-refractivity contribution is -0.176. The van der Waals surface area contributed by atoms with Gasteiger partial charge in [0.15, 0.2) is 0 Å². The molecule has 112 valence electrons. The lowest BCUT2D eigenvalue weighted by Crippen LogP contribution is -2.42. The molecule has 1 aliphatic heterocycles. The maximum atomic E-state index is 12.9. The van der Waals surface area contributed by atoms with Crippen molar-refractivity contribution >= 4 is 22.4 Å².